The van der Waals surface area contributed by atoms with E-state index in [4.69, 9.17) is 21.1 Å². The maximum atomic E-state index is 13.2. The Morgan fingerprint density at radius 2 is 1.93 bits per heavy atom. The molecular weight excluding hydrogens is 397 g/mol. The van der Waals surface area contributed by atoms with Crippen LogP contribution in [0.5, 0.6) is 11.5 Å². The smallest absolute Gasteiger partial charge is 0.406 e. The second kappa shape index (κ2) is 7.09. The fraction of sp³-hybridized carbons (Fsp3) is 0.316. The molecule has 9 heteroatoms. The lowest BCUT2D eigenvalue weighted by Crippen LogP contribution is -2.47. The van der Waals surface area contributed by atoms with Gasteiger partial charge in [0.05, 0.1) is 23.8 Å². The molecule has 0 unspecified atom stereocenters. The lowest BCUT2D eigenvalue weighted by molar-refractivity contribution is -0.144. The Morgan fingerprint density at radius 1 is 1.18 bits per heavy atom. The molecular formula is C19H16ClF3N2O3. The third-order valence-electron chi connectivity index (χ3n) is 4.51. The number of fused-ring (bicyclic) bond motifs is 2. The second-order valence-corrected chi connectivity index (χ2v) is 6.93. The van der Waals surface area contributed by atoms with E-state index in [9.17, 15) is 18.0 Å². The fourth-order valence-corrected chi connectivity index (χ4v) is 3.59. The molecule has 2 aliphatic heterocycles. The van der Waals surface area contributed by atoms with Crippen molar-refractivity contribution in [3.63, 3.8) is 0 Å². The third-order valence-corrected chi connectivity index (χ3v) is 4.79. The standard InChI is InChI=1S/C19H16ClF3N2O3/c20-13-8-11(9-15-16(13)28-7-3-6-27-15)17-24-14-5-2-1-4-12(14)18(26)25(17)10-19(21,22)23/h1-2,4-5,8-9,17,24H,3,6-7,10H2/t17-/m1/s1. The molecule has 0 saturated heterocycles. The molecule has 0 aromatic heterocycles. The Morgan fingerprint density at radius 3 is 2.71 bits per heavy atom. The van der Waals surface area contributed by atoms with Crippen LogP contribution in [-0.2, 0) is 0 Å². The minimum Gasteiger partial charge on any atom is -0.489 e. The van der Waals surface area contributed by atoms with Gasteiger partial charge in [-0.3, -0.25) is 4.79 Å². The molecule has 148 valence electrons. The van der Waals surface area contributed by atoms with Gasteiger partial charge in [-0.1, -0.05) is 23.7 Å². The van der Waals surface area contributed by atoms with E-state index in [0.717, 1.165) is 4.90 Å². The van der Waals surface area contributed by atoms with E-state index in [1.165, 1.54) is 12.1 Å². The van der Waals surface area contributed by atoms with Crippen molar-refractivity contribution in [1.29, 1.82) is 0 Å². The molecule has 0 spiro atoms. The number of ether oxygens (including phenoxy) is 2. The molecule has 1 N–H and O–H groups in total. The lowest BCUT2D eigenvalue weighted by atomic mass is 10.0. The van der Waals surface area contributed by atoms with Crippen LogP contribution < -0.4 is 14.8 Å². The van der Waals surface area contributed by atoms with Gasteiger partial charge >= 0.3 is 6.18 Å². The molecule has 2 aromatic carbocycles. The number of nitrogens with one attached hydrogen (secondary N) is 1. The summed E-state index contributed by atoms with van der Waals surface area (Å²) in [7, 11) is 0. The highest BCUT2D eigenvalue weighted by Gasteiger charge is 2.41. The van der Waals surface area contributed by atoms with Crippen molar-refractivity contribution >= 4 is 23.2 Å². The number of alkyl halides is 3. The number of nitrogens with zero attached hydrogens (tertiary/aromatic N) is 1. The summed E-state index contributed by atoms with van der Waals surface area (Å²) in [5.74, 6) is -0.00667. The van der Waals surface area contributed by atoms with Crippen LogP contribution in [0.3, 0.4) is 0 Å². The number of amides is 1. The maximum Gasteiger partial charge on any atom is 0.406 e. The minimum absolute atomic E-state index is 0.184. The monoisotopic (exact) mass is 412 g/mol. The molecule has 0 radical (unpaired) electrons. The SMILES string of the molecule is O=C1c2ccccc2N[C@@H](c2cc(Cl)c3c(c2)OCCCO3)N1CC(F)(F)F. The molecule has 0 saturated carbocycles. The molecule has 4 rings (SSSR count). The lowest BCUT2D eigenvalue weighted by Gasteiger charge is -2.38. The summed E-state index contributed by atoms with van der Waals surface area (Å²) >= 11 is 6.30. The molecule has 28 heavy (non-hydrogen) atoms. The largest absolute Gasteiger partial charge is 0.489 e. The van der Waals surface area contributed by atoms with Gasteiger partial charge in [-0.2, -0.15) is 13.2 Å². The molecule has 0 fully saturated rings. The second-order valence-electron chi connectivity index (χ2n) is 6.52. The molecule has 0 bridgehead atoms. The van der Waals surface area contributed by atoms with E-state index in [1.54, 1.807) is 24.3 Å². The van der Waals surface area contributed by atoms with Crippen molar-refractivity contribution in [3.05, 3.63) is 52.5 Å². The number of para-hydroxylation sites is 1. The van der Waals surface area contributed by atoms with E-state index in [1.807, 2.05) is 0 Å². The first-order chi connectivity index (χ1) is 13.3. The number of carbonyl (C=O) groups is 1. The van der Waals surface area contributed by atoms with Crippen LogP contribution in [0, 0.1) is 0 Å². The molecule has 2 aliphatic rings. The number of hydrogen-bond donors (Lipinski definition) is 1. The number of benzene rings is 2. The Balaban J connectivity index is 1.79. The highest BCUT2D eigenvalue weighted by molar-refractivity contribution is 6.32. The minimum atomic E-state index is -4.56. The normalized spacial score (nSPS) is 18.9. The molecule has 1 atom stereocenters. The van der Waals surface area contributed by atoms with Crippen LogP contribution in [0.1, 0.15) is 28.5 Å². The van der Waals surface area contributed by atoms with Crippen molar-refractivity contribution in [2.45, 2.75) is 18.8 Å². The topological polar surface area (TPSA) is 50.8 Å². The first kappa shape index (κ1) is 18.7. The van der Waals surface area contributed by atoms with Gasteiger partial charge in [-0.25, -0.2) is 0 Å². The molecule has 5 nitrogen and oxygen atoms in total. The van der Waals surface area contributed by atoms with E-state index < -0.39 is 24.8 Å². The number of hydrogen-bond acceptors (Lipinski definition) is 4. The quantitative estimate of drug-likeness (QED) is 0.781. The van der Waals surface area contributed by atoms with Crippen molar-refractivity contribution < 1.29 is 27.4 Å². The summed E-state index contributed by atoms with van der Waals surface area (Å²) in [5, 5.41) is 3.23. The zero-order chi connectivity index (χ0) is 19.9. The van der Waals surface area contributed by atoms with Crippen molar-refractivity contribution in [2.24, 2.45) is 0 Å². The van der Waals surface area contributed by atoms with Gasteiger partial charge in [0.25, 0.3) is 5.91 Å². The van der Waals surface area contributed by atoms with Gasteiger partial charge in [-0.05, 0) is 24.3 Å². The molecule has 1 amide bonds. The zero-order valence-corrected chi connectivity index (χ0v) is 15.3. The van der Waals surface area contributed by atoms with E-state index in [2.05, 4.69) is 5.32 Å². The predicted octanol–water partition coefficient (Wildman–Crippen LogP) is 4.63. The van der Waals surface area contributed by atoms with Gasteiger partial charge in [0.1, 0.15) is 12.7 Å². The summed E-state index contributed by atoms with van der Waals surface area (Å²) in [6.45, 7) is -0.567. The Bertz CT molecular complexity index is 920. The summed E-state index contributed by atoms with van der Waals surface area (Å²) in [5.41, 5.74) is 1.02. The van der Waals surface area contributed by atoms with E-state index in [0.29, 0.717) is 42.4 Å². The van der Waals surface area contributed by atoms with Gasteiger partial charge in [0, 0.05) is 17.7 Å². The highest BCUT2D eigenvalue weighted by Crippen LogP contribution is 2.42. The summed E-state index contributed by atoms with van der Waals surface area (Å²) in [6, 6.07) is 9.51. The van der Waals surface area contributed by atoms with Gasteiger partial charge in [0.2, 0.25) is 0 Å². The highest BCUT2D eigenvalue weighted by atomic mass is 35.5. The van der Waals surface area contributed by atoms with Crippen LogP contribution in [0.15, 0.2) is 36.4 Å². The van der Waals surface area contributed by atoms with E-state index in [-0.39, 0.29) is 10.6 Å². The van der Waals surface area contributed by atoms with Crippen LogP contribution in [0.4, 0.5) is 18.9 Å². The summed E-state index contributed by atoms with van der Waals surface area (Å²) in [6.07, 6.45) is -4.95. The zero-order valence-electron chi connectivity index (χ0n) is 14.6. The molecule has 2 heterocycles. The number of anilines is 1. The van der Waals surface area contributed by atoms with Crippen LogP contribution >= 0.6 is 11.6 Å². The first-order valence-corrected chi connectivity index (χ1v) is 9.03. The number of carbonyl (C=O) groups excluding carboxylic acids is 1. The predicted molar refractivity (Wildman–Crippen MR) is 97.0 cm³/mol. The maximum absolute atomic E-state index is 13.2. The van der Waals surface area contributed by atoms with Gasteiger partial charge < -0.3 is 19.7 Å². The Kier molecular flexibility index (Phi) is 4.74. The van der Waals surface area contributed by atoms with Gasteiger partial charge in [-0.15, -0.1) is 0 Å². The Labute approximate surface area is 164 Å². The van der Waals surface area contributed by atoms with Crippen LogP contribution in [0.25, 0.3) is 0 Å². The third kappa shape index (κ3) is 3.56. The van der Waals surface area contributed by atoms with Crippen molar-refractivity contribution in [2.75, 3.05) is 25.1 Å². The average Bonchev–Trinajstić information content (AvgIpc) is 2.89. The summed E-state index contributed by atoms with van der Waals surface area (Å²) < 4.78 is 50.8. The molecule has 2 aromatic rings. The fourth-order valence-electron chi connectivity index (χ4n) is 3.32. The van der Waals surface area contributed by atoms with E-state index >= 15 is 0 Å². The first-order valence-electron chi connectivity index (χ1n) is 8.66. The molecule has 0 aliphatic carbocycles. The summed E-state index contributed by atoms with van der Waals surface area (Å²) in [4.78, 5) is 13.6. The van der Waals surface area contributed by atoms with Crippen molar-refractivity contribution in [3.8, 4) is 11.5 Å². The Hall–Kier alpha value is -2.61. The van der Waals surface area contributed by atoms with Crippen molar-refractivity contribution in [1.82, 2.24) is 4.90 Å². The average molecular weight is 413 g/mol. The number of rotatable bonds is 2. The van der Waals surface area contributed by atoms with Crippen LogP contribution in [-0.4, -0.2) is 36.7 Å². The van der Waals surface area contributed by atoms with Gasteiger partial charge in [0.15, 0.2) is 11.5 Å². The van der Waals surface area contributed by atoms with Crippen LogP contribution in [0.2, 0.25) is 5.02 Å². The number of halogens is 4.